The fourth-order valence-corrected chi connectivity index (χ4v) is 1.12. The summed E-state index contributed by atoms with van der Waals surface area (Å²) >= 11 is 0. The van der Waals surface area contributed by atoms with Crippen LogP contribution in [0.3, 0.4) is 0 Å². The number of hydrogen-bond donors (Lipinski definition) is 3. The van der Waals surface area contributed by atoms with Crippen LogP contribution in [0.15, 0.2) is 4.99 Å². The van der Waals surface area contributed by atoms with Crippen molar-refractivity contribution < 1.29 is 9.90 Å². The Kier molecular flexibility index (Phi) is 1.98. The summed E-state index contributed by atoms with van der Waals surface area (Å²) in [6.45, 7) is 0. The highest BCUT2D eigenvalue weighted by molar-refractivity contribution is 5.77. The largest absolute Gasteiger partial charge is 0.481 e. The molecule has 0 bridgehead atoms. The Balaban J connectivity index is 2.50. The normalized spacial score (nSPS) is 28.7. The SMILES string of the molecule is NC(N)=NC1CCC1C(=O)O. The van der Waals surface area contributed by atoms with Crippen molar-refractivity contribution in [2.75, 3.05) is 0 Å². The van der Waals surface area contributed by atoms with Gasteiger partial charge in [0.2, 0.25) is 0 Å². The second-order valence-corrected chi connectivity index (χ2v) is 2.64. The highest BCUT2D eigenvalue weighted by atomic mass is 16.4. The minimum absolute atomic E-state index is 0.0269. The Morgan fingerprint density at radius 1 is 1.45 bits per heavy atom. The Morgan fingerprint density at radius 3 is 2.36 bits per heavy atom. The van der Waals surface area contributed by atoms with E-state index in [1.807, 2.05) is 0 Å². The number of guanidine groups is 1. The fourth-order valence-electron chi connectivity index (χ4n) is 1.12. The third-order valence-electron chi connectivity index (χ3n) is 1.87. The van der Waals surface area contributed by atoms with Gasteiger partial charge in [-0.2, -0.15) is 0 Å². The Morgan fingerprint density at radius 2 is 2.09 bits per heavy atom. The molecule has 1 saturated carbocycles. The van der Waals surface area contributed by atoms with Crippen molar-refractivity contribution in [2.45, 2.75) is 18.9 Å². The van der Waals surface area contributed by atoms with E-state index in [4.69, 9.17) is 16.6 Å². The van der Waals surface area contributed by atoms with Crippen molar-refractivity contribution in [3.63, 3.8) is 0 Å². The standard InChI is InChI=1S/C6H11N3O2/c7-6(8)9-4-2-1-3(4)5(10)11/h3-4H,1-2H2,(H,10,11)(H4,7,8,9). The number of nitrogens with zero attached hydrogens (tertiary/aromatic N) is 1. The first kappa shape index (κ1) is 7.84. The molecule has 5 nitrogen and oxygen atoms in total. The van der Waals surface area contributed by atoms with Crippen molar-refractivity contribution in [1.29, 1.82) is 0 Å². The molecule has 0 aliphatic heterocycles. The van der Waals surface area contributed by atoms with E-state index >= 15 is 0 Å². The average molecular weight is 157 g/mol. The summed E-state index contributed by atoms with van der Waals surface area (Å²) in [4.78, 5) is 14.2. The van der Waals surface area contributed by atoms with Gasteiger partial charge < -0.3 is 16.6 Å². The lowest BCUT2D eigenvalue weighted by molar-refractivity contribution is -0.145. The van der Waals surface area contributed by atoms with Crippen LogP contribution in [0.4, 0.5) is 0 Å². The summed E-state index contributed by atoms with van der Waals surface area (Å²) in [5.74, 6) is -1.22. The summed E-state index contributed by atoms with van der Waals surface area (Å²) in [6.07, 6.45) is 1.45. The van der Waals surface area contributed by atoms with Crippen molar-refractivity contribution >= 4 is 11.9 Å². The molecule has 0 aromatic rings. The molecule has 0 radical (unpaired) electrons. The minimum atomic E-state index is -0.814. The Hall–Kier alpha value is -1.26. The van der Waals surface area contributed by atoms with Crippen LogP contribution in [0, 0.1) is 5.92 Å². The number of aliphatic carboxylic acids is 1. The highest BCUT2D eigenvalue weighted by Gasteiger charge is 2.36. The number of rotatable bonds is 2. The highest BCUT2D eigenvalue weighted by Crippen LogP contribution is 2.30. The first-order valence-corrected chi connectivity index (χ1v) is 3.43. The Labute approximate surface area is 64.1 Å². The number of aliphatic imine (C=N–C) groups is 1. The first-order valence-electron chi connectivity index (χ1n) is 3.43. The summed E-state index contributed by atoms with van der Waals surface area (Å²) in [6, 6.07) is -0.197. The van der Waals surface area contributed by atoms with E-state index < -0.39 is 5.97 Å². The third kappa shape index (κ3) is 1.60. The van der Waals surface area contributed by atoms with Crippen molar-refractivity contribution in [2.24, 2.45) is 22.4 Å². The molecule has 11 heavy (non-hydrogen) atoms. The quantitative estimate of drug-likeness (QED) is 0.358. The molecule has 5 N–H and O–H groups in total. The Bertz CT molecular complexity index is 198. The first-order chi connectivity index (χ1) is 5.11. The second kappa shape index (κ2) is 2.77. The molecule has 0 amide bonds. The molecule has 1 aliphatic carbocycles. The molecule has 0 saturated heterocycles. The number of carboxylic acids is 1. The zero-order valence-corrected chi connectivity index (χ0v) is 6.03. The fraction of sp³-hybridized carbons (Fsp3) is 0.667. The van der Waals surface area contributed by atoms with Gasteiger partial charge in [-0.05, 0) is 12.8 Å². The zero-order chi connectivity index (χ0) is 8.43. The summed E-state index contributed by atoms with van der Waals surface area (Å²) < 4.78 is 0. The number of nitrogens with two attached hydrogens (primary N) is 2. The van der Waals surface area contributed by atoms with Crippen molar-refractivity contribution in [1.82, 2.24) is 0 Å². The summed E-state index contributed by atoms with van der Waals surface area (Å²) in [5, 5.41) is 8.57. The maximum Gasteiger partial charge on any atom is 0.308 e. The lowest BCUT2D eigenvalue weighted by atomic mass is 9.80. The van der Waals surface area contributed by atoms with Gasteiger partial charge in [0, 0.05) is 0 Å². The van der Waals surface area contributed by atoms with E-state index in [1.54, 1.807) is 0 Å². The van der Waals surface area contributed by atoms with Gasteiger partial charge >= 0.3 is 5.97 Å². The number of hydrogen-bond acceptors (Lipinski definition) is 2. The minimum Gasteiger partial charge on any atom is -0.481 e. The summed E-state index contributed by atoms with van der Waals surface area (Å²) in [5.41, 5.74) is 10.2. The molecule has 0 heterocycles. The van der Waals surface area contributed by atoms with Gasteiger partial charge in [0.1, 0.15) is 0 Å². The predicted octanol–water partition coefficient (Wildman–Crippen LogP) is -0.877. The monoisotopic (exact) mass is 157 g/mol. The van der Waals surface area contributed by atoms with Crippen LogP contribution in [0.2, 0.25) is 0 Å². The molecular weight excluding hydrogens is 146 g/mol. The lowest BCUT2D eigenvalue weighted by Crippen LogP contribution is -2.39. The lowest BCUT2D eigenvalue weighted by Gasteiger charge is -2.29. The molecule has 62 valence electrons. The van der Waals surface area contributed by atoms with Gasteiger partial charge in [0.15, 0.2) is 5.96 Å². The molecule has 0 aromatic heterocycles. The maximum absolute atomic E-state index is 10.4. The number of carbonyl (C=O) groups is 1. The molecule has 2 atom stereocenters. The average Bonchev–Trinajstić information content (AvgIpc) is 1.78. The second-order valence-electron chi connectivity index (χ2n) is 2.64. The van der Waals surface area contributed by atoms with E-state index in [9.17, 15) is 4.79 Å². The van der Waals surface area contributed by atoms with E-state index in [2.05, 4.69) is 4.99 Å². The number of carboxylic acid groups (broad SMARTS) is 1. The van der Waals surface area contributed by atoms with Gasteiger partial charge in [-0.1, -0.05) is 0 Å². The predicted molar refractivity (Wildman–Crippen MR) is 40.0 cm³/mol. The van der Waals surface area contributed by atoms with Crippen LogP contribution in [-0.2, 0) is 4.79 Å². The van der Waals surface area contributed by atoms with Crippen LogP contribution in [0.1, 0.15) is 12.8 Å². The molecule has 1 rings (SSSR count). The van der Waals surface area contributed by atoms with Gasteiger partial charge in [0.25, 0.3) is 0 Å². The third-order valence-corrected chi connectivity index (χ3v) is 1.87. The molecule has 1 fully saturated rings. The van der Waals surface area contributed by atoms with Crippen LogP contribution in [-0.4, -0.2) is 23.1 Å². The zero-order valence-electron chi connectivity index (χ0n) is 6.03. The van der Waals surface area contributed by atoms with Crippen LogP contribution in [0.25, 0.3) is 0 Å². The molecule has 1 aliphatic rings. The molecule has 5 heteroatoms. The molecule has 0 spiro atoms. The van der Waals surface area contributed by atoms with E-state index in [-0.39, 0.29) is 17.9 Å². The van der Waals surface area contributed by atoms with Crippen molar-refractivity contribution in [3.05, 3.63) is 0 Å². The molecule has 0 aromatic carbocycles. The smallest absolute Gasteiger partial charge is 0.308 e. The summed E-state index contributed by atoms with van der Waals surface area (Å²) in [7, 11) is 0. The van der Waals surface area contributed by atoms with E-state index in [0.717, 1.165) is 6.42 Å². The molecule has 2 unspecified atom stereocenters. The molecular formula is C6H11N3O2. The van der Waals surface area contributed by atoms with Gasteiger partial charge in [-0.15, -0.1) is 0 Å². The van der Waals surface area contributed by atoms with E-state index in [1.165, 1.54) is 0 Å². The van der Waals surface area contributed by atoms with Gasteiger partial charge in [-0.25, -0.2) is 4.99 Å². The topological polar surface area (TPSA) is 102 Å². The van der Waals surface area contributed by atoms with Crippen LogP contribution >= 0.6 is 0 Å². The van der Waals surface area contributed by atoms with Gasteiger partial charge in [0.05, 0.1) is 12.0 Å². The van der Waals surface area contributed by atoms with Crippen LogP contribution < -0.4 is 11.5 Å². The van der Waals surface area contributed by atoms with Gasteiger partial charge in [-0.3, -0.25) is 4.79 Å². The van der Waals surface area contributed by atoms with E-state index in [0.29, 0.717) is 6.42 Å². The van der Waals surface area contributed by atoms with Crippen LogP contribution in [0.5, 0.6) is 0 Å². The maximum atomic E-state index is 10.4. The van der Waals surface area contributed by atoms with Crippen molar-refractivity contribution in [3.8, 4) is 0 Å².